The summed E-state index contributed by atoms with van der Waals surface area (Å²) in [5, 5.41) is 7.29. The number of hydrogen-bond acceptors (Lipinski definition) is 4. The van der Waals surface area contributed by atoms with Crippen molar-refractivity contribution in [1.82, 2.24) is 9.88 Å². The SMILES string of the molecule is C[C@H](C(=O)Nc1cccc2ncccc12)N(C)CC(=O)Nc1ccc(Cl)c(Cl)c1. The molecule has 6 nitrogen and oxygen atoms in total. The van der Waals surface area contributed by atoms with Crippen molar-refractivity contribution in [3.05, 3.63) is 64.8 Å². The van der Waals surface area contributed by atoms with E-state index in [0.29, 0.717) is 21.4 Å². The molecule has 3 aromatic rings. The Labute approximate surface area is 178 Å². The first-order valence-corrected chi connectivity index (χ1v) is 9.70. The number of benzene rings is 2. The lowest BCUT2D eigenvalue weighted by molar-refractivity contribution is -0.122. The fraction of sp³-hybridized carbons (Fsp3) is 0.190. The number of nitrogens with one attached hydrogen (secondary N) is 2. The number of aromatic nitrogens is 1. The van der Waals surface area contributed by atoms with Gasteiger partial charge in [-0.2, -0.15) is 0 Å². The number of hydrogen-bond donors (Lipinski definition) is 2. The van der Waals surface area contributed by atoms with Crippen molar-refractivity contribution in [2.75, 3.05) is 24.2 Å². The third-order valence-electron chi connectivity index (χ3n) is 4.54. The lowest BCUT2D eigenvalue weighted by Crippen LogP contribution is -2.43. The minimum atomic E-state index is -0.526. The van der Waals surface area contributed by atoms with E-state index in [-0.39, 0.29) is 18.4 Å². The van der Waals surface area contributed by atoms with Crippen molar-refractivity contribution >= 4 is 57.3 Å². The van der Waals surface area contributed by atoms with Crippen molar-refractivity contribution in [1.29, 1.82) is 0 Å². The second-order valence-electron chi connectivity index (χ2n) is 6.63. The highest BCUT2D eigenvalue weighted by Crippen LogP contribution is 2.25. The molecule has 1 atom stereocenters. The molecule has 0 aliphatic heterocycles. The van der Waals surface area contributed by atoms with Crippen molar-refractivity contribution in [2.24, 2.45) is 0 Å². The number of nitrogens with zero attached hydrogens (tertiary/aromatic N) is 2. The predicted octanol–water partition coefficient (Wildman–Crippen LogP) is 4.44. The molecule has 29 heavy (non-hydrogen) atoms. The highest BCUT2D eigenvalue weighted by Gasteiger charge is 2.21. The molecule has 1 heterocycles. The van der Waals surface area contributed by atoms with Crippen LogP contribution in [0.5, 0.6) is 0 Å². The molecule has 0 aliphatic rings. The van der Waals surface area contributed by atoms with Crippen molar-refractivity contribution in [2.45, 2.75) is 13.0 Å². The van der Waals surface area contributed by atoms with Gasteiger partial charge in [-0.15, -0.1) is 0 Å². The van der Waals surface area contributed by atoms with Crippen LogP contribution < -0.4 is 10.6 Å². The van der Waals surface area contributed by atoms with Crippen LogP contribution in [0.15, 0.2) is 54.7 Å². The molecule has 0 bridgehead atoms. The van der Waals surface area contributed by atoms with Crippen LogP contribution in [0.4, 0.5) is 11.4 Å². The highest BCUT2D eigenvalue weighted by molar-refractivity contribution is 6.42. The van der Waals surface area contributed by atoms with Gasteiger partial charge in [-0.05, 0) is 56.4 Å². The van der Waals surface area contributed by atoms with Gasteiger partial charge < -0.3 is 10.6 Å². The van der Waals surface area contributed by atoms with E-state index in [1.165, 1.54) is 0 Å². The number of rotatable bonds is 6. The number of likely N-dealkylation sites (N-methyl/N-ethyl adjacent to an activating group) is 1. The summed E-state index contributed by atoms with van der Waals surface area (Å²) >= 11 is 11.8. The molecule has 0 spiro atoms. The Morgan fingerprint density at radius 1 is 1.07 bits per heavy atom. The van der Waals surface area contributed by atoms with E-state index in [0.717, 1.165) is 10.9 Å². The van der Waals surface area contributed by atoms with E-state index in [9.17, 15) is 9.59 Å². The third-order valence-corrected chi connectivity index (χ3v) is 5.28. The molecular formula is C21H20Cl2N4O2. The van der Waals surface area contributed by atoms with E-state index < -0.39 is 6.04 Å². The van der Waals surface area contributed by atoms with Gasteiger partial charge in [-0.25, -0.2) is 0 Å². The topological polar surface area (TPSA) is 74.3 Å². The van der Waals surface area contributed by atoms with Gasteiger partial charge >= 0.3 is 0 Å². The lowest BCUT2D eigenvalue weighted by atomic mass is 10.1. The molecule has 0 saturated carbocycles. The third kappa shape index (κ3) is 5.23. The number of amides is 2. The van der Waals surface area contributed by atoms with Crippen molar-refractivity contribution in [3.63, 3.8) is 0 Å². The summed E-state index contributed by atoms with van der Waals surface area (Å²) in [6, 6.07) is 13.6. The monoisotopic (exact) mass is 430 g/mol. The summed E-state index contributed by atoms with van der Waals surface area (Å²) in [7, 11) is 1.71. The van der Waals surface area contributed by atoms with Crippen LogP contribution >= 0.6 is 23.2 Å². The zero-order valence-corrected chi connectivity index (χ0v) is 17.5. The van der Waals surface area contributed by atoms with Gasteiger partial charge in [0.2, 0.25) is 11.8 Å². The molecule has 2 aromatic carbocycles. The highest BCUT2D eigenvalue weighted by atomic mass is 35.5. The zero-order chi connectivity index (χ0) is 21.0. The largest absolute Gasteiger partial charge is 0.325 e. The Balaban J connectivity index is 1.61. The molecule has 3 rings (SSSR count). The zero-order valence-electron chi connectivity index (χ0n) is 15.9. The summed E-state index contributed by atoms with van der Waals surface area (Å²) in [5.74, 6) is -0.480. The number of carbonyl (C=O) groups is 2. The smallest absolute Gasteiger partial charge is 0.241 e. The summed E-state index contributed by atoms with van der Waals surface area (Å²) in [5.41, 5.74) is 2.02. The molecular weight excluding hydrogens is 411 g/mol. The van der Waals surface area contributed by atoms with Crippen LogP contribution in [0.25, 0.3) is 10.9 Å². The maximum Gasteiger partial charge on any atom is 0.241 e. The fourth-order valence-corrected chi connectivity index (χ4v) is 3.09. The van der Waals surface area contributed by atoms with Crippen molar-refractivity contribution < 1.29 is 9.59 Å². The second kappa shape index (κ2) is 9.22. The van der Waals surface area contributed by atoms with Crippen molar-refractivity contribution in [3.8, 4) is 0 Å². The van der Waals surface area contributed by atoms with Crippen LogP contribution in [0.1, 0.15) is 6.92 Å². The molecule has 2 amide bonds. The van der Waals surface area contributed by atoms with Gasteiger partial charge in [-0.3, -0.25) is 19.5 Å². The van der Waals surface area contributed by atoms with E-state index >= 15 is 0 Å². The van der Waals surface area contributed by atoms with Gasteiger partial charge in [0.15, 0.2) is 0 Å². The van der Waals surface area contributed by atoms with Crippen LogP contribution in [0.2, 0.25) is 10.0 Å². The van der Waals surface area contributed by atoms with E-state index in [1.54, 1.807) is 43.3 Å². The molecule has 0 fully saturated rings. The molecule has 0 aliphatic carbocycles. The van der Waals surface area contributed by atoms with E-state index in [1.807, 2.05) is 30.3 Å². The van der Waals surface area contributed by atoms with Crippen LogP contribution in [0.3, 0.4) is 0 Å². The average Bonchev–Trinajstić information content (AvgIpc) is 2.70. The molecule has 0 saturated heterocycles. The first-order valence-electron chi connectivity index (χ1n) is 8.95. The normalized spacial score (nSPS) is 12.0. The predicted molar refractivity (Wildman–Crippen MR) is 118 cm³/mol. The molecule has 150 valence electrons. The summed E-state index contributed by atoms with van der Waals surface area (Å²) in [6.45, 7) is 1.77. The number of anilines is 2. The van der Waals surface area contributed by atoms with Gasteiger partial charge in [-0.1, -0.05) is 29.3 Å². The molecule has 2 N–H and O–H groups in total. The van der Waals surface area contributed by atoms with Gasteiger partial charge in [0.05, 0.1) is 33.8 Å². The Bertz CT molecular complexity index is 1050. The Kier molecular flexibility index (Phi) is 6.69. The number of carbonyl (C=O) groups excluding carboxylic acids is 2. The first-order chi connectivity index (χ1) is 13.8. The average molecular weight is 431 g/mol. The standard InChI is InChI=1S/C21H20Cl2N4O2/c1-13(21(29)26-19-7-3-6-18-15(19)5-4-10-24-18)27(2)12-20(28)25-14-8-9-16(22)17(23)11-14/h3-11,13H,12H2,1-2H3,(H,25,28)(H,26,29)/t13-/m1/s1. The number of fused-ring (bicyclic) bond motifs is 1. The molecule has 1 aromatic heterocycles. The van der Waals surface area contributed by atoms with E-state index in [2.05, 4.69) is 15.6 Å². The lowest BCUT2D eigenvalue weighted by Gasteiger charge is -2.23. The van der Waals surface area contributed by atoms with Gasteiger partial charge in [0.1, 0.15) is 0 Å². The first kappa shape index (κ1) is 21.0. The summed E-state index contributed by atoms with van der Waals surface area (Å²) < 4.78 is 0. The Morgan fingerprint density at radius 3 is 2.62 bits per heavy atom. The molecule has 0 unspecified atom stereocenters. The van der Waals surface area contributed by atoms with E-state index in [4.69, 9.17) is 23.2 Å². The summed E-state index contributed by atoms with van der Waals surface area (Å²) in [6.07, 6.45) is 1.71. The number of halogens is 2. The molecule has 8 heteroatoms. The maximum atomic E-state index is 12.7. The summed E-state index contributed by atoms with van der Waals surface area (Å²) in [4.78, 5) is 30.9. The Hall–Kier alpha value is -2.67. The maximum absolute atomic E-state index is 12.7. The molecule has 0 radical (unpaired) electrons. The van der Waals surface area contributed by atoms with Gasteiger partial charge in [0, 0.05) is 17.3 Å². The van der Waals surface area contributed by atoms with Crippen LogP contribution in [-0.4, -0.2) is 41.3 Å². The second-order valence-corrected chi connectivity index (χ2v) is 7.45. The minimum Gasteiger partial charge on any atom is -0.325 e. The fourth-order valence-electron chi connectivity index (χ4n) is 2.79. The quantitative estimate of drug-likeness (QED) is 0.605. The van der Waals surface area contributed by atoms with Gasteiger partial charge in [0.25, 0.3) is 0 Å². The van der Waals surface area contributed by atoms with Crippen LogP contribution in [0, 0.1) is 0 Å². The Morgan fingerprint density at radius 2 is 1.86 bits per heavy atom. The minimum absolute atomic E-state index is 0.0337. The van der Waals surface area contributed by atoms with Crippen LogP contribution in [-0.2, 0) is 9.59 Å². The number of pyridine rings is 1.